The van der Waals surface area contributed by atoms with E-state index in [1.165, 1.54) is 4.57 Å². The van der Waals surface area contributed by atoms with Crippen molar-refractivity contribution >= 4 is 23.3 Å². The lowest BCUT2D eigenvalue weighted by molar-refractivity contribution is -0.147. The van der Waals surface area contributed by atoms with Gasteiger partial charge in [-0.05, 0) is 84.8 Å². The number of likely N-dealkylation sites (N-methyl/N-ethyl adjacent to an activating group) is 2. The molecule has 2 aromatic heterocycles. The number of nitrogens with zero attached hydrogens (tertiary/aromatic N) is 6. The maximum atomic E-state index is 12.6. The average Bonchev–Trinajstić information content (AvgIpc) is 2.91. The Morgan fingerprint density at radius 3 is 1.48 bits per heavy atom. The maximum Gasteiger partial charge on any atom is 0.329 e. The van der Waals surface area contributed by atoms with Crippen LogP contribution in [0.1, 0.15) is 70.7 Å². The number of carbonyl (C=O) groups is 2. The molecule has 0 bridgehead atoms. The molecule has 2 aliphatic heterocycles. The molecular formula is C36H58N6O6. The van der Waals surface area contributed by atoms with Crippen molar-refractivity contribution in [2.45, 2.75) is 85.5 Å². The Bertz CT molecular complexity index is 1520. The first-order valence-electron chi connectivity index (χ1n) is 17.1. The van der Waals surface area contributed by atoms with Crippen LogP contribution in [0, 0.1) is 25.7 Å². The third-order valence-corrected chi connectivity index (χ3v) is 9.29. The minimum Gasteiger partial charge on any atom is -0.480 e. The fraction of sp³-hybridized carbons (Fsp3) is 0.667. The molecule has 2 fully saturated rings. The molecule has 0 amide bonds. The zero-order chi connectivity index (χ0) is 36.0. The Morgan fingerprint density at radius 1 is 0.771 bits per heavy atom. The van der Waals surface area contributed by atoms with Gasteiger partial charge in [0, 0.05) is 62.8 Å². The van der Waals surface area contributed by atoms with Crippen molar-refractivity contribution in [2.24, 2.45) is 11.8 Å². The first-order chi connectivity index (χ1) is 22.4. The number of anilines is 2. The average molecular weight is 671 g/mol. The van der Waals surface area contributed by atoms with Gasteiger partial charge in [-0.15, -0.1) is 0 Å². The molecule has 2 atom stereocenters. The summed E-state index contributed by atoms with van der Waals surface area (Å²) < 4.78 is 8.16. The lowest BCUT2D eigenvalue weighted by Gasteiger charge is -2.45. The first-order valence-corrected chi connectivity index (χ1v) is 17.1. The fourth-order valence-electron chi connectivity index (χ4n) is 6.16. The van der Waals surface area contributed by atoms with Crippen LogP contribution in [0.15, 0.2) is 34.1 Å². The van der Waals surface area contributed by atoms with Crippen molar-refractivity contribution < 1.29 is 19.4 Å². The lowest BCUT2D eigenvalue weighted by atomic mass is 10.0. The SMILES string of the molecule is CCOC(=O)C(CC(C)C)n1cc(N2CC(N(C)C)C2)c(C)cc1=O.Cc1cc(=O)n(C(CC(C)C)C(=O)O)cc1N1CC(N(C)C)C1. The second kappa shape index (κ2) is 16.6. The number of rotatable bonds is 13. The number of aromatic nitrogens is 2. The summed E-state index contributed by atoms with van der Waals surface area (Å²) in [6.45, 7) is 17.6. The number of hydrogen-bond acceptors (Lipinski definition) is 9. The van der Waals surface area contributed by atoms with E-state index in [1.807, 2.05) is 47.7 Å². The van der Waals surface area contributed by atoms with Crippen molar-refractivity contribution in [2.75, 3.05) is 70.8 Å². The van der Waals surface area contributed by atoms with Crippen molar-refractivity contribution in [3.63, 3.8) is 0 Å². The second-order valence-corrected chi connectivity index (χ2v) is 14.6. The minimum absolute atomic E-state index is 0.148. The third-order valence-electron chi connectivity index (χ3n) is 9.29. The maximum absolute atomic E-state index is 12.6. The highest BCUT2D eigenvalue weighted by molar-refractivity contribution is 5.74. The highest BCUT2D eigenvalue weighted by Gasteiger charge is 2.32. The number of aliphatic carboxylic acids is 1. The number of esters is 1. The van der Waals surface area contributed by atoms with E-state index in [1.54, 1.807) is 29.8 Å². The minimum atomic E-state index is -0.953. The number of carboxylic acids is 1. The summed E-state index contributed by atoms with van der Waals surface area (Å²) in [5, 5.41) is 9.50. The molecule has 48 heavy (non-hydrogen) atoms. The van der Waals surface area contributed by atoms with E-state index in [9.17, 15) is 24.3 Å². The van der Waals surface area contributed by atoms with E-state index in [4.69, 9.17) is 4.74 Å². The van der Waals surface area contributed by atoms with Gasteiger partial charge >= 0.3 is 11.9 Å². The Morgan fingerprint density at radius 2 is 1.15 bits per heavy atom. The van der Waals surface area contributed by atoms with Crippen LogP contribution in [0.5, 0.6) is 0 Å². The highest BCUT2D eigenvalue weighted by Crippen LogP contribution is 2.29. The molecule has 2 aromatic rings. The first kappa shape index (κ1) is 38.8. The molecule has 12 heteroatoms. The summed E-state index contributed by atoms with van der Waals surface area (Å²) in [6.07, 6.45) is 4.60. The van der Waals surface area contributed by atoms with Crippen LogP contribution in [-0.2, 0) is 14.3 Å². The summed E-state index contributed by atoms with van der Waals surface area (Å²) >= 11 is 0. The van der Waals surface area contributed by atoms with Crippen LogP contribution < -0.4 is 20.9 Å². The summed E-state index contributed by atoms with van der Waals surface area (Å²) in [4.78, 5) is 57.7. The number of pyridine rings is 2. The van der Waals surface area contributed by atoms with Crippen molar-refractivity contribution in [3.05, 3.63) is 56.4 Å². The predicted octanol–water partition coefficient (Wildman–Crippen LogP) is 3.64. The Balaban J connectivity index is 0.000000261. The van der Waals surface area contributed by atoms with Crippen LogP contribution in [0.4, 0.5) is 11.4 Å². The van der Waals surface area contributed by atoms with E-state index in [0.717, 1.165) is 48.7 Å². The van der Waals surface area contributed by atoms with Crippen molar-refractivity contribution in [1.29, 1.82) is 0 Å². The molecule has 0 aromatic carbocycles. The molecule has 1 N–H and O–H groups in total. The van der Waals surface area contributed by atoms with Gasteiger partial charge in [-0.2, -0.15) is 0 Å². The fourth-order valence-corrected chi connectivity index (χ4v) is 6.16. The highest BCUT2D eigenvalue weighted by atomic mass is 16.5. The Kier molecular flexibility index (Phi) is 13.5. The zero-order valence-electron chi connectivity index (χ0n) is 30.9. The molecule has 4 rings (SSSR count). The van der Waals surface area contributed by atoms with Crippen LogP contribution >= 0.6 is 0 Å². The van der Waals surface area contributed by atoms with Crippen LogP contribution in [0.3, 0.4) is 0 Å². The summed E-state index contributed by atoms with van der Waals surface area (Å²) in [5.74, 6) is -0.795. The van der Waals surface area contributed by atoms with Crippen LogP contribution in [0.25, 0.3) is 0 Å². The summed E-state index contributed by atoms with van der Waals surface area (Å²) in [5.41, 5.74) is 3.44. The predicted molar refractivity (Wildman–Crippen MR) is 192 cm³/mol. The molecule has 2 aliphatic rings. The lowest BCUT2D eigenvalue weighted by Crippen LogP contribution is -2.58. The van der Waals surface area contributed by atoms with Gasteiger partial charge in [-0.25, -0.2) is 9.59 Å². The van der Waals surface area contributed by atoms with E-state index in [2.05, 4.69) is 47.8 Å². The number of carbonyl (C=O) groups excluding carboxylic acids is 1. The number of ether oxygens (including phenoxy) is 1. The molecule has 268 valence electrons. The molecule has 0 aliphatic carbocycles. The van der Waals surface area contributed by atoms with Gasteiger partial charge in [-0.1, -0.05) is 27.7 Å². The smallest absolute Gasteiger partial charge is 0.329 e. The second-order valence-electron chi connectivity index (χ2n) is 14.6. The molecule has 0 spiro atoms. The quantitative estimate of drug-likeness (QED) is 0.317. The largest absolute Gasteiger partial charge is 0.480 e. The van der Waals surface area contributed by atoms with Gasteiger partial charge in [0.05, 0.1) is 18.0 Å². The number of carboxylic acid groups (broad SMARTS) is 1. The normalized spacial score (nSPS) is 16.5. The Labute approximate surface area is 285 Å². The van der Waals surface area contributed by atoms with Gasteiger partial charge in [0.25, 0.3) is 11.1 Å². The number of aryl methyl sites for hydroxylation is 2. The molecule has 2 unspecified atom stereocenters. The summed E-state index contributed by atoms with van der Waals surface area (Å²) in [6, 6.07) is 2.82. The molecule has 2 saturated heterocycles. The molecular weight excluding hydrogens is 612 g/mol. The van der Waals surface area contributed by atoms with Gasteiger partial charge in [-0.3, -0.25) is 18.7 Å². The van der Waals surface area contributed by atoms with Gasteiger partial charge in [0.15, 0.2) is 0 Å². The van der Waals surface area contributed by atoms with Gasteiger partial charge in [0.2, 0.25) is 0 Å². The topological polar surface area (TPSA) is 121 Å². The molecule has 4 heterocycles. The number of hydrogen-bond donors (Lipinski definition) is 1. The van der Waals surface area contributed by atoms with Gasteiger partial charge in [0.1, 0.15) is 12.1 Å². The molecule has 12 nitrogen and oxygen atoms in total. The van der Waals surface area contributed by atoms with Crippen molar-refractivity contribution in [1.82, 2.24) is 18.9 Å². The van der Waals surface area contributed by atoms with E-state index >= 15 is 0 Å². The molecule has 0 radical (unpaired) electrons. The summed E-state index contributed by atoms with van der Waals surface area (Å²) in [7, 11) is 8.27. The van der Waals surface area contributed by atoms with Crippen molar-refractivity contribution in [3.8, 4) is 0 Å². The standard InChI is InChI=1S/C19H31N3O3.C17H27N3O3/c1-7-25-19(24)16(8-13(2)3)22-12-17(14(4)9-18(22)23)21-10-15(11-21)20(5)6;1-11(2)6-14(17(22)23)20-10-15(12(3)7-16(20)21)19-8-13(9-19)18(4)5/h9,12-13,15-16H,7-8,10-11H2,1-6H3;7,10-11,13-14H,6,8-9H2,1-5H3,(H,22,23). The van der Waals surface area contributed by atoms with E-state index in [0.29, 0.717) is 31.5 Å². The van der Waals surface area contributed by atoms with Crippen LogP contribution in [0.2, 0.25) is 0 Å². The van der Waals surface area contributed by atoms with E-state index in [-0.39, 0.29) is 28.9 Å². The molecule has 0 saturated carbocycles. The monoisotopic (exact) mass is 670 g/mol. The third kappa shape index (κ3) is 9.49. The zero-order valence-corrected chi connectivity index (χ0v) is 30.9. The van der Waals surface area contributed by atoms with E-state index < -0.39 is 18.1 Å². The Hall–Kier alpha value is -3.64. The van der Waals surface area contributed by atoms with Crippen LogP contribution in [-0.4, -0.2) is 109 Å². The van der Waals surface area contributed by atoms with Gasteiger partial charge < -0.3 is 29.4 Å².